The van der Waals surface area contributed by atoms with Crippen LogP contribution in [0.3, 0.4) is 0 Å². The molecule has 2 rings (SSSR count). The summed E-state index contributed by atoms with van der Waals surface area (Å²) in [6.07, 6.45) is 2.10. The molecule has 0 spiro atoms. The number of nitrogens with one attached hydrogen (secondary N) is 1. The van der Waals surface area contributed by atoms with E-state index in [0.717, 1.165) is 24.2 Å². The van der Waals surface area contributed by atoms with Crippen molar-refractivity contribution < 1.29 is 14.3 Å². The van der Waals surface area contributed by atoms with Crippen LogP contribution in [0.4, 0.5) is 0 Å². The van der Waals surface area contributed by atoms with E-state index in [9.17, 15) is 4.79 Å². The van der Waals surface area contributed by atoms with Gasteiger partial charge in [0.1, 0.15) is 11.8 Å². The third kappa shape index (κ3) is 3.11. The third-order valence-electron chi connectivity index (χ3n) is 3.82. The van der Waals surface area contributed by atoms with Crippen molar-refractivity contribution in [3.63, 3.8) is 0 Å². The lowest BCUT2D eigenvalue weighted by Crippen LogP contribution is -2.45. The summed E-state index contributed by atoms with van der Waals surface area (Å²) in [5.41, 5.74) is 6.86. The fourth-order valence-electron chi connectivity index (χ4n) is 2.42. The van der Waals surface area contributed by atoms with Gasteiger partial charge in [0, 0.05) is 24.6 Å². The van der Waals surface area contributed by atoms with Crippen LogP contribution < -0.4 is 15.8 Å². The first kappa shape index (κ1) is 14.8. The van der Waals surface area contributed by atoms with Gasteiger partial charge in [-0.25, -0.2) is 0 Å². The van der Waals surface area contributed by atoms with E-state index in [1.165, 1.54) is 7.11 Å². The van der Waals surface area contributed by atoms with Crippen LogP contribution >= 0.6 is 0 Å². The lowest BCUT2D eigenvalue weighted by molar-refractivity contribution is -0.123. The van der Waals surface area contributed by atoms with Gasteiger partial charge < -0.3 is 20.5 Å². The van der Waals surface area contributed by atoms with E-state index in [4.69, 9.17) is 15.2 Å². The molecule has 1 aromatic rings. The molecule has 1 amide bonds. The molecule has 5 heteroatoms. The van der Waals surface area contributed by atoms with Gasteiger partial charge in [0.05, 0.1) is 13.7 Å². The van der Waals surface area contributed by atoms with E-state index < -0.39 is 6.04 Å². The number of hydrogen-bond acceptors (Lipinski definition) is 4. The number of benzene rings is 1. The summed E-state index contributed by atoms with van der Waals surface area (Å²) in [5.74, 6) is 0.702. The molecule has 1 atom stereocenters. The SMILES string of the molecule is COCC(N)C(=O)NCC1(c2ccccc2OC)CC1. The highest BCUT2D eigenvalue weighted by Crippen LogP contribution is 2.50. The van der Waals surface area contributed by atoms with Crippen molar-refractivity contribution in [3.05, 3.63) is 29.8 Å². The van der Waals surface area contributed by atoms with Crippen LogP contribution in [-0.4, -0.2) is 39.3 Å². The predicted molar refractivity (Wildman–Crippen MR) is 76.8 cm³/mol. The Morgan fingerprint density at radius 3 is 2.70 bits per heavy atom. The van der Waals surface area contributed by atoms with Gasteiger partial charge in [0.25, 0.3) is 0 Å². The van der Waals surface area contributed by atoms with Crippen molar-refractivity contribution in [1.82, 2.24) is 5.32 Å². The van der Waals surface area contributed by atoms with Crippen LogP contribution in [0.15, 0.2) is 24.3 Å². The van der Waals surface area contributed by atoms with Gasteiger partial charge in [0.2, 0.25) is 5.91 Å². The molecule has 0 saturated heterocycles. The van der Waals surface area contributed by atoms with Gasteiger partial charge in [-0.05, 0) is 18.9 Å². The summed E-state index contributed by atoms with van der Waals surface area (Å²) in [5, 5.41) is 2.92. The Balaban J connectivity index is 2.00. The van der Waals surface area contributed by atoms with Crippen molar-refractivity contribution in [1.29, 1.82) is 0 Å². The topological polar surface area (TPSA) is 73.6 Å². The number of rotatable bonds is 7. The fourth-order valence-corrected chi connectivity index (χ4v) is 2.42. The molecule has 0 aromatic heterocycles. The van der Waals surface area contributed by atoms with E-state index in [2.05, 4.69) is 11.4 Å². The molecule has 0 radical (unpaired) electrons. The highest BCUT2D eigenvalue weighted by atomic mass is 16.5. The molecular weight excluding hydrogens is 256 g/mol. The first-order valence-electron chi connectivity index (χ1n) is 6.79. The van der Waals surface area contributed by atoms with Crippen molar-refractivity contribution in [3.8, 4) is 5.75 Å². The maximum Gasteiger partial charge on any atom is 0.239 e. The van der Waals surface area contributed by atoms with E-state index in [0.29, 0.717) is 6.54 Å². The van der Waals surface area contributed by atoms with E-state index in [1.807, 2.05) is 18.2 Å². The summed E-state index contributed by atoms with van der Waals surface area (Å²) in [6.45, 7) is 0.817. The maximum atomic E-state index is 11.8. The number of hydrogen-bond donors (Lipinski definition) is 2. The molecule has 5 nitrogen and oxygen atoms in total. The first-order valence-corrected chi connectivity index (χ1v) is 6.79. The Hall–Kier alpha value is -1.59. The number of ether oxygens (including phenoxy) is 2. The molecule has 0 heterocycles. The van der Waals surface area contributed by atoms with Crippen molar-refractivity contribution in [2.45, 2.75) is 24.3 Å². The minimum Gasteiger partial charge on any atom is -0.496 e. The molecule has 20 heavy (non-hydrogen) atoms. The van der Waals surface area contributed by atoms with Crippen LogP contribution in [0.2, 0.25) is 0 Å². The number of carbonyl (C=O) groups excluding carboxylic acids is 1. The van der Waals surface area contributed by atoms with Crippen molar-refractivity contribution in [2.75, 3.05) is 27.4 Å². The van der Waals surface area contributed by atoms with Crippen molar-refractivity contribution in [2.24, 2.45) is 5.73 Å². The lowest BCUT2D eigenvalue weighted by Gasteiger charge is -2.20. The number of nitrogens with two attached hydrogens (primary N) is 1. The van der Waals surface area contributed by atoms with E-state index in [-0.39, 0.29) is 17.9 Å². The highest BCUT2D eigenvalue weighted by molar-refractivity contribution is 5.81. The van der Waals surface area contributed by atoms with Crippen LogP contribution in [0.1, 0.15) is 18.4 Å². The summed E-state index contributed by atoms with van der Waals surface area (Å²) >= 11 is 0. The second kappa shape index (κ2) is 6.24. The minimum atomic E-state index is -0.617. The summed E-state index contributed by atoms with van der Waals surface area (Å²) in [7, 11) is 3.20. The third-order valence-corrected chi connectivity index (χ3v) is 3.82. The molecule has 1 unspecified atom stereocenters. The van der Waals surface area contributed by atoms with E-state index >= 15 is 0 Å². The molecular formula is C15H22N2O3. The zero-order chi connectivity index (χ0) is 14.6. The second-order valence-electron chi connectivity index (χ2n) is 5.26. The number of methoxy groups -OCH3 is 2. The Kier molecular flexibility index (Phi) is 4.62. The van der Waals surface area contributed by atoms with Crippen LogP contribution in [0, 0.1) is 0 Å². The molecule has 1 fully saturated rings. The summed E-state index contributed by atoms with van der Waals surface area (Å²) in [4.78, 5) is 11.8. The fraction of sp³-hybridized carbons (Fsp3) is 0.533. The first-order chi connectivity index (χ1) is 9.63. The molecule has 1 aliphatic rings. The molecule has 110 valence electrons. The standard InChI is InChI=1S/C15H22N2O3/c1-19-9-12(16)14(18)17-10-15(7-8-15)11-5-3-4-6-13(11)20-2/h3-6,12H,7-10,16H2,1-2H3,(H,17,18). The largest absolute Gasteiger partial charge is 0.496 e. The number of amides is 1. The van der Waals surface area contributed by atoms with Gasteiger partial charge in [0.15, 0.2) is 0 Å². The zero-order valence-electron chi connectivity index (χ0n) is 12.0. The Labute approximate surface area is 119 Å². The number of carbonyl (C=O) groups is 1. The molecule has 3 N–H and O–H groups in total. The summed E-state index contributed by atoms with van der Waals surface area (Å²) < 4.78 is 10.3. The van der Waals surface area contributed by atoms with Gasteiger partial charge in [-0.15, -0.1) is 0 Å². The normalized spacial score (nSPS) is 17.4. The lowest BCUT2D eigenvalue weighted by atomic mass is 9.94. The van der Waals surface area contributed by atoms with Crippen LogP contribution in [0.5, 0.6) is 5.75 Å². The quantitative estimate of drug-likeness (QED) is 0.774. The second-order valence-corrected chi connectivity index (χ2v) is 5.26. The predicted octanol–water partition coefficient (Wildman–Crippen LogP) is 0.817. The average molecular weight is 278 g/mol. The van der Waals surface area contributed by atoms with Crippen molar-refractivity contribution >= 4 is 5.91 Å². The smallest absolute Gasteiger partial charge is 0.239 e. The molecule has 1 aliphatic carbocycles. The maximum absolute atomic E-state index is 11.8. The molecule has 0 bridgehead atoms. The average Bonchev–Trinajstić information content (AvgIpc) is 3.26. The molecule has 0 aliphatic heterocycles. The zero-order valence-corrected chi connectivity index (χ0v) is 12.0. The van der Waals surface area contributed by atoms with E-state index in [1.54, 1.807) is 7.11 Å². The number of para-hydroxylation sites is 1. The van der Waals surface area contributed by atoms with Gasteiger partial charge >= 0.3 is 0 Å². The van der Waals surface area contributed by atoms with Crippen LogP contribution in [-0.2, 0) is 14.9 Å². The Bertz CT molecular complexity index is 472. The monoisotopic (exact) mass is 278 g/mol. The Morgan fingerprint density at radius 2 is 2.10 bits per heavy atom. The minimum absolute atomic E-state index is 0.00491. The summed E-state index contributed by atoms with van der Waals surface area (Å²) in [6, 6.07) is 7.34. The van der Waals surface area contributed by atoms with Crippen LogP contribution in [0.25, 0.3) is 0 Å². The Morgan fingerprint density at radius 1 is 1.40 bits per heavy atom. The van der Waals surface area contributed by atoms with Gasteiger partial charge in [-0.1, -0.05) is 18.2 Å². The molecule has 1 aromatic carbocycles. The molecule has 1 saturated carbocycles. The van der Waals surface area contributed by atoms with Gasteiger partial charge in [-0.3, -0.25) is 4.79 Å². The highest BCUT2D eigenvalue weighted by Gasteiger charge is 2.46. The van der Waals surface area contributed by atoms with Gasteiger partial charge in [-0.2, -0.15) is 0 Å².